The largest absolute Gasteiger partial charge is 0.508 e. The van der Waals surface area contributed by atoms with Crippen molar-refractivity contribution in [3.8, 4) is 17.2 Å². The summed E-state index contributed by atoms with van der Waals surface area (Å²) in [6, 6.07) is 4.29. The van der Waals surface area contributed by atoms with Gasteiger partial charge in [0, 0.05) is 13.0 Å². The van der Waals surface area contributed by atoms with Gasteiger partial charge in [-0.2, -0.15) is 0 Å². The number of rotatable bonds is 2. The Balaban J connectivity index is 3.01. The smallest absolute Gasteiger partial charge is 0.308 e. The number of phenols is 1. The molecule has 0 spiro atoms. The van der Waals surface area contributed by atoms with Gasteiger partial charge < -0.3 is 14.6 Å². The molecule has 1 rings (SSSR count). The van der Waals surface area contributed by atoms with Crippen LogP contribution in [-0.2, 0) is 4.79 Å². The molecule has 0 aromatic heterocycles. The normalized spacial score (nSPS) is 9.38. The molecule has 0 saturated heterocycles. The highest BCUT2D eigenvalue weighted by atomic mass is 16.6. The molecule has 1 aromatic carbocycles. The van der Waals surface area contributed by atoms with Gasteiger partial charge in [0.15, 0.2) is 11.5 Å². The van der Waals surface area contributed by atoms with E-state index in [0.717, 1.165) is 0 Å². The molecule has 0 aliphatic rings. The summed E-state index contributed by atoms with van der Waals surface area (Å²) in [5, 5.41) is 9.10. The number of esters is 1. The van der Waals surface area contributed by atoms with Crippen LogP contribution in [0.25, 0.3) is 0 Å². The number of aromatic hydroxyl groups is 1. The summed E-state index contributed by atoms with van der Waals surface area (Å²) in [7, 11) is 1.46. The lowest BCUT2D eigenvalue weighted by atomic mass is 10.3. The first kappa shape index (κ1) is 9.38. The molecule has 13 heavy (non-hydrogen) atoms. The fourth-order valence-electron chi connectivity index (χ4n) is 0.900. The minimum atomic E-state index is -0.455. The van der Waals surface area contributed by atoms with Crippen LogP contribution < -0.4 is 9.47 Å². The molecule has 70 valence electrons. The van der Waals surface area contributed by atoms with Crippen LogP contribution in [-0.4, -0.2) is 18.2 Å². The summed E-state index contributed by atoms with van der Waals surface area (Å²) >= 11 is 0. The molecule has 0 bridgehead atoms. The number of benzene rings is 1. The number of phenolic OH excluding ortho intramolecular Hbond substituents is 1. The van der Waals surface area contributed by atoms with Gasteiger partial charge in [0.2, 0.25) is 0 Å². The first-order chi connectivity index (χ1) is 6.13. The maximum absolute atomic E-state index is 10.6. The van der Waals surface area contributed by atoms with Crippen LogP contribution in [0.1, 0.15) is 6.92 Å². The van der Waals surface area contributed by atoms with Crippen LogP contribution in [0.15, 0.2) is 18.2 Å². The maximum atomic E-state index is 10.6. The Morgan fingerprint density at radius 2 is 2.08 bits per heavy atom. The third-order valence-corrected chi connectivity index (χ3v) is 1.40. The van der Waals surface area contributed by atoms with Crippen molar-refractivity contribution in [2.24, 2.45) is 0 Å². The van der Waals surface area contributed by atoms with E-state index in [1.165, 1.54) is 32.2 Å². The van der Waals surface area contributed by atoms with E-state index >= 15 is 0 Å². The number of methoxy groups -OCH3 is 1. The molecule has 0 radical (unpaired) electrons. The van der Waals surface area contributed by atoms with Crippen LogP contribution in [0.5, 0.6) is 17.2 Å². The number of hydrogen-bond acceptors (Lipinski definition) is 4. The summed E-state index contributed by atoms with van der Waals surface area (Å²) < 4.78 is 9.71. The van der Waals surface area contributed by atoms with E-state index in [-0.39, 0.29) is 11.5 Å². The fourth-order valence-corrected chi connectivity index (χ4v) is 0.900. The van der Waals surface area contributed by atoms with Gasteiger partial charge in [-0.1, -0.05) is 0 Å². The molecule has 0 fully saturated rings. The maximum Gasteiger partial charge on any atom is 0.308 e. The Hall–Kier alpha value is -1.71. The fraction of sp³-hybridized carbons (Fsp3) is 0.222. The molecule has 0 aliphatic heterocycles. The summed E-state index contributed by atoms with van der Waals surface area (Å²) in [5.41, 5.74) is 0. The predicted octanol–water partition coefficient (Wildman–Crippen LogP) is 1.33. The van der Waals surface area contributed by atoms with Crippen LogP contribution in [0.2, 0.25) is 0 Å². The first-order valence-corrected chi connectivity index (χ1v) is 3.69. The van der Waals surface area contributed by atoms with Crippen LogP contribution in [0, 0.1) is 0 Å². The Morgan fingerprint density at radius 1 is 1.38 bits per heavy atom. The van der Waals surface area contributed by atoms with E-state index in [9.17, 15) is 4.79 Å². The van der Waals surface area contributed by atoms with E-state index < -0.39 is 5.97 Å². The van der Waals surface area contributed by atoms with Gasteiger partial charge in [-0.15, -0.1) is 0 Å². The lowest BCUT2D eigenvalue weighted by molar-refractivity contribution is -0.132. The van der Waals surface area contributed by atoms with Crippen molar-refractivity contribution < 1.29 is 19.4 Å². The molecule has 4 heteroatoms. The molecular formula is C9H10O4. The molecule has 0 unspecified atom stereocenters. The van der Waals surface area contributed by atoms with Crippen molar-refractivity contribution in [1.29, 1.82) is 0 Å². The molecule has 0 saturated carbocycles. The van der Waals surface area contributed by atoms with Gasteiger partial charge in [0.1, 0.15) is 5.75 Å². The second-order valence-electron chi connectivity index (χ2n) is 2.43. The zero-order chi connectivity index (χ0) is 9.84. The van der Waals surface area contributed by atoms with Crippen LogP contribution in [0.4, 0.5) is 0 Å². The second kappa shape index (κ2) is 3.80. The van der Waals surface area contributed by atoms with Crippen molar-refractivity contribution in [3.05, 3.63) is 18.2 Å². The number of ether oxygens (including phenoxy) is 2. The second-order valence-corrected chi connectivity index (χ2v) is 2.43. The molecular weight excluding hydrogens is 172 g/mol. The van der Waals surface area contributed by atoms with E-state index in [0.29, 0.717) is 5.75 Å². The number of carbonyl (C=O) groups is 1. The summed E-state index contributed by atoms with van der Waals surface area (Å²) in [4.78, 5) is 10.6. The SMILES string of the molecule is COc1ccc(O)cc1OC(C)=O. The van der Waals surface area contributed by atoms with Crippen molar-refractivity contribution in [3.63, 3.8) is 0 Å². The summed E-state index contributed by atoms with van der Waals surface area (Å²) in [5.74, 6) is 0.198. The molecule has 1 aromatic rings. The molecule has 0 aliphatic carbocycles. The number of hydrogen-bond donors (Lipinski definition) is 1. The zero-order valence-corrected chi connectivity index (χ0v) is 7.40. The van der Waals surface area contributed by atoms with Crippen LogP contribution >= 0.6 is 0 Å². The van der Waals surface area contributed by atoms with Gasteiger partial charge in [0.25, 0.3) is 0 Å². The standard InChI is InChI=1S/C9H10O4/c1-6(10)13-9-5-7(11)3-4-8(9)12-2/h3-5,11H,1-2H3. The zero-order valence-electron chi connectivity index (χ0n) is 7.40. The minimum Gasteiger partial charge on any atom is -0.508 e. The third-order valence-electron chi connectivity index (χ3n) is 1.40. The molecule has 0 atom stereocenters. The van der Waals surface area contributed by atoms with Crippen molar-refractivity contribution >= 4 is 5.97 Å². The molecule has 0 heterocycles. The molecule has 0 amide bonds. The highest BCUT2D eigenvalue weighted by molar-refractivity contribution is 5.70. The third kappa shape index (κ3) is 2.37. The van der Waals surface area contributed by atoms with Gasteiger partial charge in [-0.05, 0) is 12.1 Å². The van der Waals surface area contributed by atoms with Crippen LogP contribution in [0.3, 0.4) is 0 Å². The Labute approximate surface area is 75.7 Å². The summed E-state index contributed by atoms with van der Waals surface area (Å²) in [6.45, 7) is 1.28. The highest BCUT2D eigenvalue weighted by Gasteiger charge is 2.06. The lowest BCUT2D eigenvalue weighted by Gasteiger charge is -2.07. The first-order valence-electron chi connectivity index (χ1n) is 3.69. The Kier molecular flexibility index (Phi) is 2.74. The lowest BCUT2D eigenvalue weighted by Crippen LogP contribution is -2.02. The topological polar surface area (TPSA) is 55.8 Å². The Morgan fingerprint density at radius 3 is 2.62 bits per heavy atom. The average molecular weight is 182 g/mol. The summed E-state index contributed by atoms with van der Waals surface area (Å²) in [6.07, 6.45) is 0. The van der Waals surface area contributed by atoms with E-state index in [1.54, 1.807) is 0 Å². The van der Waals surface area contributed by atoms with Gasteiger partial charge in [-0.25, -0.2) is 0 Å². The van der Waals surface area contributed by atoms with E-state index in [4.69, 9.17) is 14.6 Å². The van der Waals surface area contributed by atoms with Gasteiger partial charge in [-0.3, -0.25) is 4.79 Å². The van der Waals surface area contributed by atoms with Crippen molar-refractivity contribution in [2.75, 3.05) is 7.11 Å². The van der Waals surface area contributed by atoms with Crippen molar-refractivity contribution in [2.45, 2.75) is 6.92 Å². The van der Waals surface area contributed by atoms with Crippen molar-refractivity contribution in [1.82, 2.24) is 0 Å². The minimum absolute atomic E-state index is 0.0250. The quantitative estimate of drug-likeness (QED) is 0.553. The van der Waals surface area contributed by atoms with Gasteiger partial charge in [0.05, 0.1) is 7.11 Å². The van der Waals surface area contributed by atoms with E-state index in [1.807, 2.05) is 0 Å². The van der Waals surface area contributed by atoms with E-state index in [2.05, 4.69) is 0 Å². The highest BCUT2D eigenvalue weighted by Crippen LogP contribution is 2.30. The number of carbonyl (C=O) groups excluding carboxylic acids is 1. The van der Waals surface area contributed by atoms with Gasteiger partial charge >= 0.3 is 5.97 Å². The predicted molar refractivity (Wildman–Crippen MR) is 46.0 cm³/mol. The molecule has 1 N–H and O–H groups in total. The molecule has 4 nitrogen and oxygen atoms in total. The monoisotopic (exact) mass is 182 g/mol. The average Bonchev–Trinajstić information content (AvgIpc) is 2.03. The Bertz CT molecular complexity index is 319.